The van der Waals surface area contributed by atoms with Crippen molar-refractivity contribution in [3.8, 4) is 5.69 Å². The van der Waals surface area contributed by atoms with Crippen molar-refractivity contribution in [2.45, 2.75) is 12.5 Å². The minimum atomic E-state index is -0.503. The van der Waals surface area contributed by atoms with Gasteiger partial charge >= 0.3 is 0 Å². The fourth-order valence-corrected chi connectivity index (χ4v) is 1.66. The highest BCUT2D eigenvalue weighted by atomic mass is 16.3. The van der Waals surface area contributed by atoms with Crippen LogP contribution < -0.4 is 5.73 Å². The standard InChI is InChI=1S/C12H15N3O/c13-9-11(16)8-10-4-1-2-5-12(10)15-7-3-6-14-15/h1-7,11,16H,8-9,13H2. The van der Waals surface area contributed by atoms with Gasteiger partial charge in [0, 0.05) is 25.4 Å². The smallest absolute Gasteiger partial charge is 0.0703 e. The summed E-state index contributed by atoms with van der Waals surface area (Å²) >= 11 is 0. The number of aliphatic hydroxyl groups excluding tert-OH is 1. The topological polar surface area (TPSA) is 64.1 Å². The van der Waals surface area contributed by atoms with E-state index in [9.17, 15) is 5.11 Å². The molecule has 0 aliphatic carbocycles. The van der Waals surface area contributed by atoms with Gasteiger partial charge < -0.3 is 10.8 Å². The molecule has 1 unspecified atom stereocenters. The number of para-hydroxylation sites is 1. The second kappa shape index (κ2) is 4.92. The van der Waals surface area contributed by atoms with Gasteiger partial charge in [-0.15, -0.1) is 0 Å². The van der Waals surface area contributed by atoms with Crippen molar-refractivity contribution in [2.75, 3.05) is 6.54 Å². The van der Waals surface area contributed by atoms with E-state index in [1.54, 1.807) is 10.9 Å². The maximum absolute atomic E-state index is 9.58. The number of hydrogen-bond donors (Lipinski definition) is 2. The maximum Gasteiger partial charge on any atom is 0.0703 e. The zero-order valence-corrected chi connectivity index (χ0v) is 8.95. The summed E-state index contributed by atoms with van der Waals surface area (Å²) < 4.78 is 1.79. The van der Waals surface area contributed by atoms with Crippen molar-refractivity contribution >= 4 is 0 Å². The second-order valence-electron chi connectivity index (χ2n) is 3.67. The maximum atomic E-state index is 9.58. The quantitative estimate of drug-likeness (QED) is 0.793. The van der Waals surface area contributed by atoms with Gasteiger partial charge in [-0.1, -0.05) is 18.2 Å². The Labute approximate surface area is 94.3 Å². The molecule has 3 N–H and O–H groups in total. The van der Waals surface area contributed by atoms with E-state index >= 15 is 0 Å². The van der Waals surface area contributed by atoms with E-state index in [0.717, 1.165) is 11.3 Å². The third-order valence-electron chi connectivity index (χ3n) is 2.47. The van der Waals surface area contributed by atoms with E-state index in [1.165, 1.54) is 0 Å². The Morgan fingerprint density at radius 2 is 2.12 bits per heavy atom. The Morgan fingerprint density at radius 3 is 2.81 bits per heavy atom. The molecule has 2 rings (SSSR count). The highest BCUT2D eigenvalue weighted by Gasteiger charge is 2.08. The van der Waals surface area contributed by atoms with Gasteiger partial charge in [0.1, 0.15) is 0 Å². The number of rotatable bonds is 4. The summed E-state index contributed by atoms with van der Waals surface area (Å²) in [6, 6.07) is 9.73. The number of aliphatic hydroxyl groups is 1. The van der Waals surface area contributed by atoms with Crippen molar-refractivity contribution in [3.05, 3.63) is 48.3 Å². The van der Waals surface area contributed by atoms with Crippen LogP contribution in [0.15, 0.2) is 42.7 Å². The number of benzene rings is 1. The summed E-state index contributed by atoms with van der Waals surface area (Å²) in [6.45, 7) is 0.271. The van der Waals surface area contributed by atoms with Gasteiger partial charge in [0.2, 0.25) is 0 Å². The lowest BCUT2D eigenvalue weighted by atomic mass is 10.1. The van der Waals surface area contributed by atoms with Crippen LogP contribution in [0.1, 0.15) is 5.56 Å². The molecule has 1 heterocycles. The Kier molecular flexibility index (Phi) is 3.34. The van der Waals surface area contributed by atoms with Gasteiger partial charge in [0.15, 0.2) is 0 Å². The van der Waals surface area contributed by atoms with Gasteiger partial charge in [-0.05, 0) is 17.7 Å². The molecule has 0 amide bonds. The average molecular weight is 217 g/mol. The van der Waals surface area contributed by atoms with E-state index in [4.69, 9.17) is 5.73 Å². The van der Waals surface area contributed by atoms with Crippen LogP contribution in [0.25, 0.3) is 5.69 Å². The molecular formula is C12H15N3O. The summed E-state index contributed by atoms with van der Waals surface area (Å²) in [6.07, 6.45) is 3.66. The molecule has 4 nitrogen and oxygen atoms in total. The van der Waals surface area contributed by atoms with Crippen LogP contribution >= 0.6 is 0 Å². The van der Waals surface area contributed by atoms with Gasteiger partial charge in [-0.25, -0.2) is 4.68 Å². The largest absolute Gasteiger partial charge is 0.391 e. The van der Waals surface area contributed by atoms with E-state index in [2.05, 4.69) is 5.10 Å². The number of nitrogens with zero attached hydrogens (tertiary/aromatic N) is 2. The molecule has 1 aromatic heterocycles. The summed E-state index contributed by atoms with van der Waals surface area (Å²) in [7, 11) is 0. The molecule has 0 bridgehead atoms. The van der Waals surface area contributed by atoms with Crippen molar-refractivity contribution in [2.24, 2.45) is 5.73 Å². The molecule has 1 aromatic carbocycles. The molecule has 0 saturated carbocycles. The van der Waals surface area contributed by atoms with E-state index in [0.29, 0.717) is 6.42 Å². The van der Waals surface area contributed by atoms with Crippen molar-refractivity contribution in [1.29, 1.82) is 0 Å². The molecule has 0 fully saturated rings. The highest BCUT2D eigenvalue weighted by Crippen LogP contribution is 2.15. The monoisotopic (exact) mass is 217 g/mol. The first-order valence-corrected chi connectivity index (χ1v) is 5.27. The second-order valence-corrected chi connectivity index (χ2v) is 3.67. The van der Waals surface area contributed by atoms with Crippen LogP contribution in [-0.4, -0.2) is 27.5 Å². The lowest BCUT2D eigenvalue weighted by Crippen LogP contribution is -2.22. The fraction of sp³-hybridized carbons (Fsp3) is 0.250. The lowest BCUT2D eigenvalue weighted by Gasteiger charge is -2.12. The minimum absolute atomic E-state index is 0.271. The minimum Gasteiger partial charge on any atom is -0.391 e. The molecule has 2 aromatic rings. The lowest BCUT2D eigenvalue weighted by molar-refractivity contribution is 0.183. The number of aromatic nitrogens is 2. The third kappa shape index (κ3) is 2.29. The Balaban J connectivity index is 2.31. The van der Waals surface area contributed by atoms with Crippen LogP contribution in [0, 0.1) is 0 Å². The van der Waals surface area contributed by atoms with Crippen LogP contribution in [0.5, 0.6) is 0 Å². The Hall–Kier alpha value is -1.65. The number of nitrogens with two attached hydrogens (primary N) is 1. The summed E-state index contributed by atoms with van der Waals surface area (Å²) in [4.78, 5) is 0. The van der Waals surface area contributed by atoms with Crippen LogP contribution in [0.2, 0.25) is 0 Å². The molecule has 16 heavy (non-hydrogen) atoms. The van der Waals surface area contributed by atoms with Crippen molar-refractivity contribution < 1.29 is 5.11 Å². The van der Waals surface area contributed by atoms with Crippen LogP contribution in [0.3, 0.4) is 0 Å². The van der Waals surface area contributed by atoms with Crippen LogP contribution in [0.4, 0.5) is 0 Å². The zero-order chi connectivity index (χ0) is 11.4. The summed E-state index contributed by atoms with van der Waals surface area (Å²) in [5, 5.41) is 13.8. The molecule has 1 atom stereocenters. The van der Waals surface area contributed by atoms with Gasteiger partial charge in [0.25, 0.3) is 0 Å². The molecule has 0 aliphatic heterocycles. The van der Waals surface area contributed by atoms with Crippen LogP contribution in [-0.2, 0) is 6.42 Å². The summed E-state index contributed by atoms with van der Waals surface area (Å²) in [5.41, 5.74) is 7.45. The SMILES string of the molecule is NCC(O)Cc1ccccc1-n1cccn1. The first-order valence-electron chi connectivity index (χ1n) is 5.27. The molecule has 4 heteroatoms. The third-order valence-corrected chi connectivity index (χ3v) is 2.47. The average Bonchev–Trinajstić information content (AvgIpc) is 2.83. The van der Waals surface area contributed by atoms with E-state index < -0.39 is 6.10 Å². The van der Waals surface area contributed by atoms with Crippen molar-refractivity contribution in [1.82, 2.24) is 9.78 Å². The first kappa shape index (κ1) is 10.9. The number of hydrogen-bond acceptors (Lipinski definition) is 3. The highest BCUT2D eigenvalue weighted by molar-refractivity contribution is 5.40. The zero-order valence-electron chi connectivity index (χ0n) is 8.95. The predicted molar refractivity (Wildman–Crippen MR) is 62.3 cm³/mol. The normalized spacial score (nSPS) is 12.6. The summed E-state index contributed by atoms with van der Waals surface area (Å²) in [5.74, 6) is 0. The first-order chi connectivity index (χ1) is 7.81. The Morgan fingerprint density at radius 1 is 1.31 bits per heavy atom. The molecule has 0 radical (unpaired) electrons. The van der Waals surface area contributed by atoms with E-state index in [-0.39, 0.29) is 6.54 Å². The van der Waals surface area contributed by atoms with Gasteiger partial charge in [-0.3, -0.25) is 0 Å². The molecule has 0 aliphatic rings. The van der Waals surface area contributed by atoms with Crippen molar-refractivity contribution in [3.63, 3.8) is 0 Å². The molecule has 84 valence electrons. The predicted octanol–water partition coefficient (Wildman–Crippen LogP) is 0.734. The van der Waals surface area contributed by atoms with Gasteiger partial charge in [-0.2, -0.15) is 5.10 Å². The van der Waals surface area contributed by atoms with Gasteiger partial charge in [0.05, 0.1) is 11.8 Å². The fourth-order valence-electron chi connectivity index (χ4n) is 1.66. The molecular weight excluding hydrogens is 202 g/mol. The Bertz CT molecular complexity index is 439. The van der Waals surface area contributed by atoms with E-state index in [1.807, 2.05) is 36.5 Å². The molecule has 0 saturated heterocycles. The molecule has 0 spiro atoms.